The highest BCUT2D eigenvalue weighted by Gasteiger charge is 2.45. The standard InChI is InChI=1S/C27H31N3O7/c31-21-14-23(30(16-21)24(32)15-28-27(35)37-18-20-10-5-2-6-11-20)25(33)29-13-7-12-22(29)26(34)36-17-19-8-3-1-4-9-19/h1-6,8-11,21-23,31H,7,12-18H2,(H,28,35)/t21-,22-,23-/m1/s1. The van der Waals surface area contributed by atoms with E-state index in [9.17, 15) is 24.3 Å². The molecule has 37 heavy (non-hydrogen) atoms. The molecule has 3 amide bonds. The van der Waals surface area contributed by atoms with Gasteiger partial charge in [-0.1, -0.05) is 60.7 Å². The Labute approximate surface area is 215 Å². The number of β-amino-alcohol motifs (C(OH)–C–C–N with tert-alkyl or cyclic N) is 1. The van der Waals surface area contributed by atoms with Crippen molar-refractivity contribution in [2.24, 2.45) is 0 Å². The van der Waals surface area contributed by atoms with Crippen molar-refractivity contribution in [3.05, 3.63) is 71.8 Å². The third kappa shape index (κ3) is 6.85. The fourth-order valence-corrected chi connectivity index (χ4v) is 4.64. The van der Waals surface area contributed by atoms with Crippen LogP contribution in [0.3, 0.4) is 0 Å². The van der Waals surface area contributed by atoms with Gasteiger partial charge in [0.15, 0.2) is 0 Å². The van der Waals surface area contributed by atoms with E-state index in [0.29, 0.717) is 19.4 Å². The zero-order chi connectivity index (χ0) is 26.2. The predicted molar refractivity (Wildman–Crippen MR) is 132 cm³/mol. The minimum absolute atomic E-state index is 0.0348. The summed E-state index contributed by atoms with van der Waals surface area (Å²) in [6.07, 6.45) is -0.480. The molecule has 2 fully saturated rings. The van der Waals surface area contributed by atoms with E-state index in [-0.39, 0.29) is 32.7 Å². The normalized spacial score (nSPS) is 20.9. The summed E-state index contributed by atoms with van der Waals surface area (Å²) in [5.41, 5.74) is 1.65. The first-order chi connectivity index (χ1) is 17.9. The lowest BCUT2D eigenvalue weighted by Gasteiger charge is -2.30. The molecule has 2 aliphatic rings. The number of likely N-dealkylation sites (tertiary alicyclic amines) is 2. The topological polar surface area (TPSA) is 125 Å². The molecule has 3 atom stereocenters. The Morgan fingerprint density at radius 3 is 2.14 bits per heavy atom. The number of carbonyl (C=O) groups is 4. The number of amides is 3. The minimum atomic E-state index is -0.924. The van der Waals surface area contributed by atoms with Crippen LogP contribution in [0, 0.1) is 0 Å². The summed E-state index contributed by atoms with van der Waals surface area (Å²) in [5, 5.41) is 12.6. The molecule has 10 nitrogen and oxygen atoms in total. The number of ether oxygens (including phenoxy) is 2. The van der Waals surface area contributed by atoms with Crippen molar-refractivity contribution in [2.45, 2.75) is 50.7 Å². The van der Waals surface area contributed by atoms with E-state index < -0.39 is 42.1 Å². The summed E-state index contributed by atoms with van der Waals surface area (Å²) in [6.45, 7) is 0.111. The molecule has 0 bridgehead atoms. The number of hydrogen-bond acceptors (Lipinski definition) is 7. The fourth-order valence-electron chi connectivity index (χ4n) is 4.64. The van der Waals surface area contributed by atoms with E-state index in [1.54, 1.807) is 0 Å². The Morgan fingerprint density at radius 1 is 0.865 bits per heavy atom. The van der Waals surface area contributed by atoms with Crippen molar-refractivity contribution in [2.75, 3.05) is 19.6 Å². The van der Waals surface area contributed by atoms with Crippen molar-refractivity contribution in [3.8, 4) is 0 Å². The molecular weight excluding hydrogens is 478 g/mol. The third-order valence-electron chi connectivity index (χ3n) is 6.51. The molecular formula is C27H31N3O7. The van der Waals surface area contributed by atoms with Crippen molar-refractivity contribution in [1.82, 2.24) is 15.1 Å². The number of aliphatic hydroxyl groups is 1. The highest BCUT2D eigenvalue weighted by molar-refractivity contribution is 5.92. The van der Waals surface area contributed by atoms with Gasteiger partial charge in [-0.2, -0.15) is 0 Å². The van der Waals surface area contributed by atoms with Gasteiger partial charge in [-0.3, -0.25) is 9.59 Å². The Kier molecular flexibility index (Phi) is 8.73. The lowest BCUT2D eigenvalue weighted by atomic mass is 10.1. The molecule has 2 aromatic carbocycles. The summed E-state index contributed by atoms with van der Waals surface area (Å²) in [5.74, 6) is -1.42. The van der Waals surface area contributed by atoms with Crippen molar-refractivity contribution in [3.63, 3.8) is 0 Å². The van der Waals surface area contributed by atoms with Gasteiger partial charge in [0.25, 0.3) is 0 Å². The SMILES string of the molecule is O=C(NCC(=O)N1C[C@H](O)C[C@@H]1C(=O)N1CCC[C@@H]1C(=O)OCc1ccccc1)OCc1ccccc1. The number of nitrogens with one attached hydrogen (secondary N) is 1. The van der Waals surface area contributed by atoms with Gasteiger partial charge >= 0.3 is 12.1 Å². The third-order valence-corrected chi connectivity index (χ3v) is 6.51. The van der Waals surface area contributed by atoms with E-state index in [1.165, 1.54) is 9.80 Å². The van der Waals surface area contributed by atoms with Crippen LogP contribution in [-0.2, 0) is 37.1 Å². The number of esters is 1. The summed E-state index contributed by atoms with van der Waals surface area (Å²) in [6, 6.07) is 16.7. The Hall–Kier alpha value is -3.92. The van der Waals surface area contributed by atoms with Gasteiger partial charge in [0.1, 0.15) is 31.8 Å². The van der Waals surface area contributed by atoms with E-state index in [2.05, 4.69) is 5.32 Å². The first-order valence-electron chi connectivity index (χ1n) is 12.4. The maximum atomic E-state index is 13.4. The van der Waals surface area contributed by atoms with Crippen LogP contribution in [0.15, 0.2) is 60.7 Å². The molecule has 0 spiro atoms. The molecule has 0 radical (unpaired) electrons. The van der Waals surface area contributed by atoms with Crippen LogP contribution >= 0.6 is 0 Å². The summed E-state index contributed by atoms with van der Waals surface area (Å²) in [7, 11) is 0. The zero-order valence-electron chi connectivity index (χ0n) is 20.5. The maximum Gasteiger partial charge on any atom is 0.407 e. The highest BCUT2D eigenvalue weighted by Crippen LogP contribution is 2.26. The van der Waals surface area contributed by atoms with Crippen LogP contribution in [-0.4, -0.2) is 76.6 Å². The second-order valence-corrected chi connectivity index (χ2v) is 9.15. The number of benzene rings is 2. The van der Waals surface area contributed by atoms with Crippen LogP contribution in [0.2, 0.25) is 0 Å². The fraction of sp³-hybridized carbons (Fsp3) is 0.407. The van der Waals surface area contributed by atoms with E-state index in [4.69, 9.17) is 9.47 Å². The van der Waals surface area contributed by atoms with Gasteiger partial charge in [0.2, 0.25) is 11.8 Å². The van der Waals surface area contributed by atoms with Crippen molar-refractivity contribution >= 4 is 23.9 Å². The van der Waals surface area contributed by atoms with Crippen LogP contribution in [0.4, 0.5) is 4.79 Å². The second kappa shape index (κ2) is 12.4. The summed E-state index contributed by atoms with van der Waals surface area (Å²) >= 11 is 0. The Morgan fingerprint density at radius 2 is 1.49 bits per heavy atom. The van der Waals surface area contributed by atoms with Crippen LogP contribution in [0.5, 0.6) is 0 Å². The number of aliphatic hydroxyl groups excluding tert-OH is 1. The van der Waals surface area contributed by atoms with E-state index in [1.807, 2.05) is 60.7 Å². The average molecular weight is 510 g/mol. The Bertz CT molecular complexity index is 1100. The van der Waals surface area contributed by atoms with Crippen LogP contribution in [0.25, 0.3) is 0 Å². The van der Waals surface area contributed by atoms with Gasteiger partial charge in [-0.05, 0) is 24.0 Å². The molecule has 2 aromatic rings. The largest absolute Gasteiger partial charge is 0.459 e. The molecule has 0 aromatic heterocycles. The summed E-state index contributed by atoms with van der Waals surface area (Å²) < 4.78 is 10.6. The highest BCUT2D eigenvalue weighted by atomic mass is 16.5. The zero-order valence-corrected chi connectivity index (χ0v) is 20.5. The van der Waals surface area contributed by atoms with Gasteiger partial charge in [-0.25, -0.2) is 9.59 Å². The quantitative estimate of drug-likeness (QED) is 0.518. The Balaban J connectivity index is 1.30. The lowest BCUT2D eigenvalue weighted by Crippen LogP contribution is -2.52. The van der Waals surface area contributed by atoms with Gasteiger partial charge in [0, 0.05) is 19.5 Å². The molecule has 2 N–H and O–H groups in total. The van der Waals surface area contributed by atoms with Crippen LogP contribution < -0.4 is 5.32 Å². The molecule has 0 unspecified atom stereocenters. The smallest absolute Gasteiger partial charge is 0.407 e. The molecule has 2 saturated heterocycles. The number of alkyl carbamates (subject to hydrolysis) is 1. The second-order valence-electron chi connectivity index (χ2n) is 9.15. The molecule has 10 heteroatoms. The molecule has 2 aliphatic heterocycles. The number of carbonyl (C=O) groups excluding carboxylic acids is 4. The van der Waals surface area contributed by atoms with Gasteiger partial charge < -0.3 is 29.7 Å². The number of hydrogen-bond donors (Lipinski definition) is 2. The van der Waals surface area contributed by atoms with Gasteiger partial charge in [0.05, 0.1) is 6.10 Å². The van der Waals surface area contributed by atoms with Crippen LogP contribution in [0.1, 0.15) is 30.4 Å². The summed E-state index contributed by atoms with van der Waals surface area (Å²) in [4.78, 5) is 53.7. The monoisotopic (exact) mass is 509 g/mol. The first kappa shape index (κ1) is 26.2. The van der Waals surface area contributed by atoms with E-state index >= 15 is 0 Å². The van der Waals surface area contributed by atoms with Gasteiger partial charge in [-0.15, -0.1) is 0 Å². The van der Waals surface area contributed by atoms with E-state index in [0.717, 1.165) is 11.1 Å². The molecule has 2 heterocycles. The molecule has 196 valence electrons. The average Bonchev–Trinajstić information content (AvgIpc) is 3.57. The first-order valence-corrected chi connectivity index (χ1v) is 12.4. The number of nitrogens with zero attached hydrogens (tertiary/aromatic N) is 2. The molecule has 4 rings (SSSR count). The molecule has 0 saturated carbocycles. The van der Waals surface area contributed by atoms with Crippen molar-refractivity contribution < 1.29 is 33.8 Å². The number of rotatable bonds is 8. The molecule has 0 aliphatic carbocycles. The minimum Gasteiger partial charge on any atom is -0.459 e. The lowest BCUT2D eigenvalue weighted by molar-refractivity contribution is -0.156. The maximum absolute atomic E-state index is 13.4. The predicted octanol–water partition coefficient (Wildman–Crippen LogP) is 1.61. The van der Waals surface area contributed by atoms with Crippen molar-refractivity contribution in [1.29, 1.82) is 0 Å².